The lowest BCUT2D eigenvalue weighted by Crippen LogP contribution is -2.24. The second-order valence-corrected chi connectivity index (χ2v) is 4.68. The summed E-state index contributed by atoms with van der Waals surface area (Å²) in [5.41, 5.74) is 0. The number of hydrogen-bond acceptors (Lipinski definition) is 2. The fraction of sp³-hybridized carbons (Fsp3) is 0.857. The molecule has 0 amide bonds. The van der Waals surface area contributed by atoms with Crippen LogP contribution in [0.5, 0.6) is 0 Å². The van der Waals surface area contributed by atoms with Crippen molar-refractivity contribution in [2.24, 2.45) is 5.92 Å². The Kier molecular flexibility index (Phi) is 8.22. The number of hydrogen-bond donors (Lipinski definition) is 0. The van der Waals surface area contributed by atoms with Gasteiger partial charge in [-0.3, -0.25) is 0 Å². The highest BCUT2D eigenvalue weighted by Gasteiger charge is 2.14. The first-order valence-electron chi connectivity index (χ1n) is 6.72. The van der Waals surface area contributed by atoms with Crippen LogP contribution >= 0.6 is 0 Å². The topological polar surface area (TPSA) is 18.5 Å². The molecule has 1 fully saturated rings. The summed E-state index contributed by atoms with van der Waals surface area (Å²) in [5.74, 6) is 6.80. The standard InChI is InChI=1S/C14H23BO2/c1-13(8-4-2-3-6-10-15)12-17-14-9-5-7-11-16-14/h13-14H,3,5-12H2,1H3. The van der Waals surface area contributed by atoms with Gasteiger partial charge in [0, 0.05) is 19.4 Å². The minimum absolute atomic E-state index is 0.0244. The Balaban J connectivity index is 2.03. The van der Waals surface area contributed by atoms with Gasteiger partial charge in [-0.05, 0) is 25.2 Å². The van der Waals surface area contributed by atoms with Gasteiger partial charge < -0.3 is 9.47 Å². The Morgan fingerprint density at radius 1 is 1.41 bits per heavy atom. The molecule has 0 aliphatic carbocycles. The quantitative estimate of drug-likeness (QED) is 0.399. The lowest BCUT2D eigenvalue weighted by molar-refractivity contribution is -0.167. The largest absolute Gasteiger partial charge is 0.353 e. The first kappa shape index (κ1) is 14.6. The smallest absolute Gasteiger partial charge is 0.157 e. The van der Waals surface area contributed by atoms with E-state index in [1.54, 1.807) is 0 Å². The van der Waals surface area contributed by atoms with Gasteiger partial charge in [-0.25, -0.2) is 0 Å². The van der Waals surface area contributed by atoms with E-state index in [1.807, 2.05) is 0 Å². The van der Waals surface area contributed by atoms with E-state index < -0.39 is 0 Å². The SMILES string of the molecule is [B]CCCC#CCC(C)COC1CCCCO1. The number of rotatable bonds is 6. The highest BCUT2D eigenvalue weighted by molar-refractivity contribution is 6.08. The molecule has 1 rings (SSSR count). The first-order chi connectivity index (χ1) is 8.33. The van der Waals surface area contributed by atoms with Crippen LogP contribution in [0.2, 0.25) is 6.32 Å². The minimum Gasteiger partial charge on any atom is -0.353 e. The minimum atomic E-state index is 0.0244. The molecule has 0 aromatic rings. The Bertz CT molecular complexity index is 238. The fourth-order valence-electron chi connectivity index (χ4n) is 1.70. The van der Waals surface area contributed by atoms with Crippen LogP contribution in [0, 0.1) is 17.8 Å². The zero-order chi connectivity index (χ0) is 12.3. The van der Waals surface area contributed by atoms with Crippen LogP contribution in [0.15, 0.2) is 0 Å². The van der Waals surface area contributed by atoms with E-state index in [-0.39, 0.29) is 6.29 Å². The predicted octanol–water partition coefficient (Wildman–Crippen LogP) is 2.93. The summed E-state index contributed by atoms with van der Waals surface area (Å²) in [6, 6.07) is 0. The summed E-state index contributed by atoms with van der Waals surface area (Å²) in [4.78, 5) is 0. The van der Waals surface area contributed by atoms with Crippen LogP contribution < -0.4 is 0 Å². The van der Waals surface area contributed by atoms with Gasteiger partial charge in [0.2, 0.25) is 0 Å². The monoisotopic (exact) mass is 234 g/mol. The average Bonchev–Trinajstić information content (AvgIpc) is 2.37. The molecule has 0 bridgehead atoms. The van der Waals surface area contributed by atoms with Crippen molar-refractivity contribution < 1.29 is 9.47 Å². The second kappa shape index (κ2) is 9.56. The van der Waals surface area contributed by atoms with Crippen molar-refractivity contribution in [2.45, 2.75) is 58.1 Å². The van der Waals surface area contributed by atoms with Gasteiger partial charge in [0.25, 0.3) is 0 Å². The maximum absolute atomic E-state index is 5.71. The van der Waals surface area contributed by atoms with Gasteiger partial charge in [0.05, 0.1) is 14.5 Å². The number of unbranched alkanes of at least 4 members (excludes halogenated alkanes) is 1. The van der Waals surface area contributed by atoms with Gasteiger partial charge in [0.15, 0.2) is 6.29 Å². The molecular weight excluding hydrogens is 211 g/mol. The summed E-state index contributed by atoms with van der Waals surface area (Å²) >= 11 is 0. The third-order valence-corrected chi connectivity index (χ3v) is 2.79. The Labute approximate surface area is 107 Å². The molecule has 1 aliphatic heterocycles. The van der Waals surface area contributed by atoms with Crippen LogP contribution in [-0.2, 0) is 9.47 Å². The van der Waals surface area contributed by atoms with Crippen molar-refractivity contribution in [1.29, 1.82) is 0 Å². The maximum Gasteiger partial charge on any atom is 0.157 e. The van der Waals surface area contributed by atoms with E-state index >= 15 is 0 Å². The van der Waals surface area contributed by atoms with Gasteiger partial charge in [-0.1, -0.05) is 19.7 Å². The van der Waals surface area contributed by atoms with E-state index in [4.69, 9.17) is 17.3 Å². The molecule has 2 nitrogen and oxygen atoms in total. The van der Waals surface area contributed by atoms with E-state index in [9.17, 15) is 0 Å². The Hall–Kier alpha value is -0.455. The fourth-order valence-corrected chi connectivity index (χ4v) is 1.70. The summed E-state index contributed by atoms with van der Waals surface area (Å²) in [5, 5.41) is 0. The van der Waals surface area contributed by atoms with Crippen molar-refractivity contribution in [2.75, 3.05) is 13.2 Å². The molecule has 0 saturated carbocycles. The molecule has 1 heterocycles. The predicted molar refractivity (Wildman–Crippen MR) is 70.9 cm³/mol. The molecular formula is C14H23BO2. The van der Waals surface area contributed by atoms with Crippen LogP contribution in [0.1, 0.15) is 45.4 Å². The lowest BCUT2D eigenvalue weighted by Gasteiger charge is -2.23. The summed E-state index contributed by atoms with van der Waals surface area (Å²) in [6.07, 6.45) is 6.98. The second-order valence-electron chi connectivity index (χ2n) is 4.68. The van der Waals surface area contributed by atoms with Crippen molar-refractivity contribution >= 4 is 7.85 Å². The van der Waals surface area contributed by atoms with E-state index in [0.717, 1.165) is 45.2 Å². The highest BCUT2D eigenvalue weighted by Crippen LogP contribution is 2.15. The Morgan fingerprint density at radius 3 is 3.00 bits per heavy atom. The Morgan fingerprint density at radius 2 is 2.29 bits per heavy atom. The van der Waals surface area contributed by atoms with Gasteiger partial charge in [-0.15, -0.1) is 11.8 Å². The normalized spacial score (nSPS) is 21.6. The molecule has 2 atom stereocenters. The molecule has 2 unspecified atom stereocenters. The van der Waals surface area contributed by atoms with Crippen molar-refractivity contribution in [3.05, 3.63) is 0 Å². The molecule has 3 heteroatoms. The lowest BCUT2D eigenvalue weighted by atomic mass is 10.0. The van der Waals surface area contributed by atoms with Gasteiger partial charge >= 0.3 is 0 Å². The summed E-state index contributed by atoms with van der Waals surface area (Å²) < 4.78 is 11.2. The van der Waals surface area contributed by atoms with Crippen LogP contribution in [-0.4, -0.2) is 27.4 Å². The maximum atomic E-state index is 5.71. The van der Waals surface area contributed by atoms with Crippen LogP contribution in [0.4, 0.5) is 0 Å². The molecule has 17 heavy (non-hydrogen) atoms. The molecule has 1 aliphatic rings. The molecule has 0 spiro atoms. The van der Waals surface area contributed by atoms with Gasteiger partial charge in [-0.2, -0.15) is 0 Å². The third-order valence-electron chi connectivity index (χ3n) is 2.79. The molecule has 2 radical (unpaired) electrons. The van der Waals surface area contributed by atoms with Crippen molar-refractivity contribution in [3.8, 4) is 11.8 Å². The molecule has 94 valence electrons. The third kappa shape index (κ3) is 7.47. The zero-order valence-corrected chi connectivity index (χ0v) is 10.9. The van der Waals surface area contributed by atoms with Crippen molar-refractivity contribution in [3.63, 3.8) is 0 Å². The van der Waals surface area contributed by atoms with E-state index in [2.05, 4.69) is 18.8 Å². The zero-order valence-electron chi connectivity index (χ0n) is 10.9. The van der Waals surface area contributed by atoms with E-state index in [1.165, 1.54) is 12.8 Å². The van der Waals surface area contributed by atoms with Gasteiger partial charge in [0.1, 0.15) is 0 Å². The molecule has 1 saturated heterocycles. The summed E-state index contributed by atoms with van der Waals surface area (Å²) in [7, 11) is 5.40. The van der Waals surface area contributed by atoms with Crippen LogP contribution in [0.3, 0.4) is 0 Å². The van der Waals surface area contributed by atoms with E-state index in [0.29, 0.717) is 5.92 Å². The average molecular weight is 234 g/mol. The van der Waals surface area contributed by atoms with Crippen molar-refractivity contribution in [1.82, 2.24) is 0 Å². The van der Waals surface area contributed by atoms with Crippen LogP contribution in [0.25, 0.3) is 0 Å². The summed E-state index contributed by atoms with van der Waals surface area (Å²) in [6.45, 7) is 3.76. The molecule has 0 N–H and O–H groups in total. The molecule has 0 aromatic heterocycles. The number of ether oxygens (including phenoxy) is 2. The first-order valence-corrected chi connectivity index (χ1v) is 6.72. The highest BCUT2D eigenvalue weighted by atomic mass is 16.7. The molecule has 0 aromatic carbocycles.